The molecule has 1 heterocycles. The van der Waals surface area contributed by atoms with Crippen LogP contribution >= 0.6 is 0 Å². The van der Waals surface area contributed by atoms with Crippen molar-refractivity contribution in [1.82, 2.24) is 5.32 Å². The van der Waals surface area contributed by atoms with E-state index in [1.807, 2.05) is 42.5 Å². The number of para-hydroxylation sites is 1. The van der Waals surface area contributed by atoms with Crippen molar-refractivity contribution in [2.75, 3.05) is 20.2 Å². The molecule has 0 radical (unpaired) electrons. The van der Waals surface area contributed by atoms with Gasteiger partial charge in [-0.3, -0.25) is 4.79 Å². The van der Waals surface area contributed by atoms with Crippen LogP contribution in [0.1, 0.15) is 12.0 Å². The summed E-state index contributed by atoms with van der Waals surface area (Å²) >= 11 is 0. The van der Waals surface area contributed by atoms with E-state index in [2.05, 4.69) is 11.4 Å². The molecule has 1 aliphatic heterocycles. The lowest BCUT2D eigenvalue weighted by Gasteiger charge is -2.23. The fourth-order valence-electron chi connectivity index (χ4n) is 3.28. The fraction of sp³-hybridized carbons (Fsp3) is 0.316. The molecule has 120 valence electrons. The van der Waals surface area contributed by atoms with Crippen molar-refractivity contribution in [2.45, 2.75) is 12.8 Å². The Morgan fingerprint density at radius 3 is 2.78 bits per heavy atom. The zero-order chi connectivity index (χ0) is 16.3. The van der Waals surface area contributed by atoms with Crippen molar-refractivity contribution < 1.29 is 14.6 Å². The third-order valence-corrected chi connectivity index (χ3v) is 4.58. The van der Waals surface area contributed by atoms with Gasteiger partial charge in [0.2, 0.25) is 0 Å². The normalized spacial score (nSPS) is 20.4. The van der Waals surface area contributed by atoms with Crippen LogP contribution in [0.15, 0.2) is 48.5 Å². The summed E-state index contributed by atoms with van der Waals surface area (Å²) in [6.45, 7) is 1.29. The molecule has 0 spiro atoms. The number of carboxylic acid groups (broad SMARTS) is 1. The number of nitrogens with one attached hydrogen (secondary N) is 1. The number of aliphatic carboxylic acids is 1. The van der Waals surface area contributed by atoms with E-state index in [1.54, 1.807) is 7.11 Å². The molecule has 0 saturated carbocycles. The van der Waals surface area contributed by atoms with E-state index < -0.39 is 11.4 Å². The Hall–Kier alpha value is -2.33. The molecular weight excluding hydrogens is 290 g/mol. The molecule has 1 unspecified atom stereocenters. The standard InChI is InChI=1S/C19H21NO3/c1-23-17-8-3-2-7-16(17)15-6-4-5-14(11-15)12-19(18(21)22)9-10-20-13-19/h2-8,11,20H,9-10,12-13H2,1H3,(H,21,22). The van der Waals surface area contributed by atoms with Crippen LogP contribution in [0, 0.1) is 5.41 Å². The summed E-state index contributed by atoms with van der Waals surface area (Å²) in [4.78, 5) is 11.7. The highest BCUT2D eigenvalue weighted by atomic mass is 16.5. The van der Waals surface area contributed by atoms with Crippen LogP contribution in [0.3, 0.4) is 0 Å². The highest BCUT2D eigenvalue weighted by Gasteiger charge is 2.41. The molecule has 1 aliphatic rings. The topological polar surface area (TPSA) is 58.6 Å². The predicted molar refractivity (Wildman–Crippen MR) is 89.7 cm³/mol. The number of rotatable bonds is 5. The highest BCUT2D eigenvalue weighted by molar-refractivity contribution is 5.76. The van der Waals surface area contributed by atoms with Gasteiger partial charge in [-0.25, -0.2) is 0 Å². The highest BCUT2D eigenvalue weighted by Crippen LogP contribution is 2.34. The number of methoxy groups -OCH3 is 1. The molecule has 0 aliphatic carbocycles. The fourth-order valence-corrected chi connectivity index (χ4v) is 3.28. The Labute approximate surface area is 136 Å². The van der Waals surface area contributed by atoms with E-state index >= 15 is 0 Å². The number of carbonyl (C=O) groups is 1. The first-order valence-corrected chi connectivity index (χ1v) is 7.81. The van der Waals surface area contributed by atoms with Gasteiger partial charge in [0.05, 0.1) is 12.5 Å². The maximum absolute atomic E-state index is 11.7. The largest absolute Gasteiger partial charge is 0.496 e. The molecule has 0 bridgehead atoms. The van der Waals surface area contributed by atoms with Gasteiger partial charge in [0.25, 0.3) is 0 Å². The summed E-state index contributed by atoms with van der Waals surface area (Å²) in [5.41, 5.74) is 2.41. The van der Waals surface area contributed by atoms with Crippen LogP contribution in [0.5, 0.6) is 5.75 Å². The van der Waals surface area contributed by atoms with Gasteiger partial charge in [-0.05, 0) is 36.6 Å². The minimum Gasteiger partial charge on any atom is -0.496 e. The van der Waals surface area contributed by atoms with Gasteiger partial charge in [0, 0.05) is 12.1 Å². The Balaban J connectivity index is 1.93. The molecule has 4 heteroatoms. The molecule has 1 saturated heterocycles. The van der Waals surface area contributed by atoms with E-state index in [0.717, 1.165) is 29.0 Å². The molecule has 0 amide bonds. The van der Waals surface area contributed by atoms with Gasteiger partial charge in [-0.2, -0.15) is 0 Å². The number of ether oxygens (including phenoxy) is 1. The minimum atomic E-state index is -0.717. The maximum atomic E-state index is 11.7. The van der Waals surface area contributed by atoms with E-state index in [-0.39, 0.29) is 0 Å². The van der Waals surface area contributed by atoms with Gasteiger partial charge in [0.1, 0.15) is 5.75 Å². The van der Waals surface area contributed by atoms with E-state index in [9.17, 15) is 9.90 Å². The van der Waals surface area contributed by atoms with E-state index in [1.165, 1.54) is 0 Å². The van der Waals surface area contributed by atoms with Crippen LogP contribution in [0.25, 0.3) is 11.1 Å². The van der Waals surface area contributed by atoms with Crippen LogP contribution in [0.2, 0.25) is 0 Å². The second kappa shape index (κ2) is 6.42. The summed E-state index contributed by atoms with van der Waals surface area (Å²) in [5, 5.41) is 12.8. The number of hydrogen-bond donors (Lipinski definition) is 2. The quantitative estimate of drug-likeness (QED) is 0.891. The van der Waals surface area contributed by atoms with Crippen molar-refractivity contribution in [3.05, 3.63) is 54.1 Å². The zero-order valence-corrected chi connectivity index (χ0v) is 13.2. The molecular formula is C19H21NO3. The summed E-state index contributed by atoms with van der Waals surface area (Å²) < 4.78 is 5.43. The number of benzene rings is 2. The van der Waals surface area contributed by atoms with Crippen LogP contribution in [-0.2, 0) is 11.2 Å². The summed E-state index contributed by atoms with van der Waals surface area (Å²) in [6.07, 6.45) is 1.21. The van der Waals surface area contributed by atoms with Gasteiger partial charge in [-0.1, -0.05) is 42.5 Å². The first kappa shape index (κ1) is 15.6. The lowest BCUT2D eigenvalue weighted by Crippen LogP contribution is -2.35. The van der Waals surface area contributed by atoms with E-state index in [0.29, 0.717) is 19.4 Å². The minimum absolute atomic E-state index is 0.529. The van der Waals surface area contributed by atoms with Crippen molar-refractivity contribution in [3.8, 4) is 16.9 Å². The number of hydrogen-bond acceptors (Lipinski definition) is 3. The Kier molecular flexibility index (Phi) is 4.35. The van der Waals surface area contributed by atoms with Gasteiger partial charge in [0.15, 0.2) is 0 Å². The molecule has 1 fully saturated rings. The lowest BCUT2D eigenvalue weighted by molar-refractivity contribution is -0.147. The average molecular weight is 311 g/mol. The Morgan fingerprint density at radius 1 is 1.26 bits per heavy atom. The molecule has 2 aromatic carbocycles. The predicted octanol–water partition coefficient (Wildman–Crippen LogP) is 2.97. The molecule has 4 nitrogen and oxygen atoms in total. The zero-order valence-electron chi connectivity index (χ0n) is 13.2. The van der Waals surface area contributed by atoms with Crippen LogP contribution in [0.4, 0.5) is 0 Å². The second-order valence-electron chi connectivity index (χ2n) is 6.09. The van der Waals surface area contributed by atoms with E-state index in [4.69, 9.17) is 4.74 Å². The number of carboxylic acids is 1. The molecule has 0 aromatic heterocycles. The first-order chi connectivity index (χ1) is 11.1. The maximum Gasteiger partial charge on any atom is 0.311 e. The average Bonchev–Trinajstić information content (AvgIpc) is 3.05. The Morgan fingerprint density at radius 2 is 2.09 bits per heavy atom. The molecule has 1 atom stereocenters. The summed E-state index contributed by atoms with van der Waals surface area (Å²) in [7, 11) is 1.66. The van der Waals surface area contributed by atoms with Crippen molar-refractivity contribution in [2.24, 2.45) is 5.41 Å². The van der Waals surface area contributed by atoms with Crippen molar-refractivity contribution in [1.29, 1.82) is 0 Å². The second-order valence-corrected chi connectivity index (χ2v) is 6.09. The van der Waals surface area contributed by atoms with Crippen molar-refractivity contribution in [3.63, 3.8) is 0 Å². The van der Waals surface area contributed by atoms with Crippen LogP contribution in [-0.4, -0.2) is 31.3 Å². The molecule has 2 aromatic rings. The monoisotopic (exact) mass is 311 g/mol. The molecule has 23 heavy (non-hydrogen) atoms. The third kappa shape index (κ3) is 3.08. The van der Waals surface area contributed by atoms with Gasteiger partial charge >= 0.3 is 5.97 Å². The third-order valence-electron chi connectivity index (χ3n) is 4.58. The lowest BCUT2D eigenvalue weighted by atomic mass is 9.80. The summed E-state index contributed by atoms with van der Waals surface area (Å²) in [5.74, 6) is 0.102. The molecule has 2 N–H and O–H groups in total. The smallest absolute Gasteiger partial charge is 0.311 e. The van der Waals surface area contributed by atoms with Crippen molar-refractivity contribution >= 4 is 5.97 Å². The summed E-state index contributed by atoms with van der Waals surface area (Å²) in [6, 6.07) is 15.9. The van der Waals surface area contributed by atoms with Crippen LogP contribution < -0.4 is 10.1 Å². The van der Waals surface area contributed by atoms with Gasteiger partial charge < -0.3 is 15.2 Å². The first-order valence-electron chi connectivity index (χ1n) is 7.81. The SMILES string of the molecule is COc1ccccc1-c1cccc(CC2(C(=O)O)CCNC2)c1. The molecule has 3 rings (SSSR count). The Bertz CT molecular complexity index is 705. The van der Waals surface area contributed by atoms with Gasteiger partial charge in [-0.15, -0.1) is 0 Å².